The van der Waals surface area contributed by atoms with E-state index in [4.69, 9.17) is 4.42 Å². The van der Waals surface area contributed by atoms with Crippen molar-refractivity contribution >= 4 is 5.91 Å². The zero-order valence-electron chi connectivity index (χ0n) is 15.3. The van der Waals surface area contributed by atoms with Crippen molar-refractivity contribution in [3.63, 3.8) is 0 Å². The van der Waals surface area contributed by atoms with Gasteiger partial charge >= 0.3 is 0 Å². The molecule has 0 atom stereocenters. The quantitative estimate of drug-likeness (QED) is 0.739. The molecule has 6 heteroatoms. The van der Waals surface area contributed by atoms with E-state index in [1.165, 1.54) is 18.5 Å². The highest BCUT2D eigenvalue weighted by Crippen LogP contribution is 2.39. The number of nitrogens with one attached hydrogen (secondary N) is 1. The number of carbonyl (C=O) groups excluding carboxylic acids is 1. The van der Waals surface area contributed by atoms with Crippen molar-refractivity contribution in [1.82, 2.24) is 20.0 Å². The second kappa shape index (κ2) is 8.08. The molecular formula is C20H28N4O2. The largest absolute Gasteiger partial charge is 0.468 e. The number of hydrogen-bond donors (Lipinski definition) is 1. The summed E-state index contributed by atoms with van der Waals surface area (Å²) in [6.07, 6.45) is 8.98. The van der Waals surface area contributed by atoms with Gasteiger partial charge in [-0.15, -0.1) is 0 Å². The number of likely N-dealkylation sites (tertiary alicyclic amines) is 1. The van der Waals surface area contributed by atoms with Gasteiger partial charge in [0.1, 0.15) is 5.76 Å². The number of rotatable bonds is 8. The van der Waals surface area contributed by atoms with Crippen molar-refractivity contribution in [2.75, 3.05) is 19.6 Å². The third-order valence-corrected chi connectivity index (χ3v) is 5.51. The van der Waals surface area contributed by atoms with E-state index < -0.39 is 0 Å². The van der Waals surface area contributed by atoms with Crippen LogP contribution in [0.5, 0.6) is 0 Å². The standard InChI is InChI=1S/C20H28N4O2/c25-20(17-7-12-23(13-8-17)15-18-3-1-14-26-18)21-9-2-11-24-19(6-10-22-24)16-4-5-16/h1,3,6,10,14,16-17H,2,4-5,7-9,11-13,15H2,(H,21,25). The smallest absolute Gasteiger partial charge is 0.223 e. The molecule has 2 aromatic rings. The summed E-state index contributed by atoms with van der Waals surface area (Å²) in [5.41, 5.74) is 1.36. The summed E-state index contributed by atoms with van der Waals surface area (Å²) >= 11 is 0. The molecule has 4 rings (SSSR count). The van der Waals surface area contributed by atoms with Gasteiger partial charge < -0.3 is 9.73 Å². The lowest BCUT2D eigenvalue weighted by atomic mass is 9.96. The molecule has 1 aliphatic carbocycles. The summed E-state index contributed by atoms with van der Waals surface area (Å²) in [5.74, 6) is 2.08. The van der Waals surface area contributed by atoms with Crippen LogP contribution in [0.3, 0.4) is 0 Å². The Morgan fingerprint density at radius 2 is 2.08 bits per heavy atom. The molecule has 3 heterocycles. The van der Waals surface area contributed by atoms with E-state index in [1.807, 2.05) is 18.3 Å². The Bertz CT molecular complexity index is 697. The Kier molecular flexibility index (Phi) is 5.39. The molecule has 0 aromatic carbocycles. The fourth-order valence-electron chi connectivity index (χ4n) is 3.82. The van der Waals surface area contributed by atoms with Gasteiger partial charge in [0.25, 0.3) is 0 Å². The Morgan fingerprint density at radius 1 is 1.23 bits per heavy atom. The summed E-state index contributed by atoms with van der Waals surface area (Å²) in [6, 6.07) is 6.06. The van der Waals surface area contributed by atoms with Crippen LogP contribution in [0.1, 0.15) is 49.5 Å². The predicted molar refractivity (Wildman–Crippen MR) is 98.5 cm³/mol. The van der Waals surface area contributed by atoms with E-state index in [0.717, 1.165) is 63.7 Å². The predicted octanol–water partition coefficient (Wildman–Crippen LogP) is 2.77. The van der Waals surface area contributed by atoms with Gasteiger partial charge in [-0.2, -0.15) is 5.10 Å². The molecule has 0 unspecified atom stereocenters. The number of hydrogen-bond acceptors (Lipinski definition) is 4. The summed E-state index contributed by atoms with van der Waals surface area (Å²) in [4.78, 5) is 14.8. The molecule has 1 N–H and O–H groups in total. The van der Waals surface area contributed by atoms with Crippen LogP contribution >= 0.6 is 0 Å². The average molecular weight is 356 g/mol. The Morgan fingerprint density at radius 3 is 2.81 bits per heavy atom. The minimum absolute atomic E-state index is 0.148. The number of aromatic nitrogens is 2. The zero-order chi connectivity index (χ0) is 17.8. The molecule has 1 amide bonds. The van der Waals surface area contributed by atoms with Crippen LogP contribution in [0.2, 0.25) is 0 Å². The van der Waals surface area contributed by atoms with E-state index in [2.05, 4.69) is 26.1 Å². The molecule has 1 saturated carbocycles. The molecular weight excluding hydrogens is 328 g/mol. The van der Waals surface area contributed by atoms with Crippen LogP contribution in [0.25, 0.3) is 0 Å². The van der Waals surface area contributed by atoms with Gasteiger partial charge in [0.2, 0.25) is 5.91 Å². The third-order valence-electron chi connectivity index (χ3n) is 5.51. The van der Waals surface area contributed by atoms with E-state index in [9.17, 15) is 4.79 Å². The SMILES string of the molecule is O=C(NCCCn1nccc1C1CC1)C1CCN(Cc2ccco2)CC1. The molecule has 140 valence electrons. The van der Waals surface area contributed by atoms with Crippen LogP contribution in [0.15, 0.2) is 35.1 Å². The Hall–Kier alpha value is -2.08. The molecule has 2 fully saturated rings. The van der Waals surface area contributed by atoms with Crippen LogP contribution in [0, 0.1) is 5.92 Å². The fraction of sp³-hybridized carbons (Fsp3) is 0.600. The monoisotopic (exact) mass is 356 g/mol. The molecule has 0 spiro atoms. The van der Waals surface area contributed by atoms with Gasteiger partial charge in [-0.05, 0) is 63.4 Å². The fourth-order valence-corrected chi connectivity index (χ4v) is 3.82. The van der Waals surface area contributed by atoms with Gasteiger partial charge in [-0.25, -0.2) is 0 Å². The highest BCUT2D eigenvalue weighted by atomic mass is 16.3. The first-order valence-electron chi connectivity index (χ1n) is 9.84. The molecule has 0 bridgehead atoms. The zero-order valence-corrected chi connectivity index (χ0v) is 15.3. The third kappa shape index (κ3) is 4.36. The molecule has 6 nitrogen and oxygen atoms in total. The Balaban J connectivity index is 1.13. The van der Waals surface area contributed by atoms with Gasteiger partial charge in [0.15, 0.2) is 0 Å². The van der Waals surface area contributed by atoms with Crippen LogP contribution in [-0.4, -0.2) is 40.2 Å². The number of aryl methyl sites for hydroxylation is 1. The Labute approximate surface area is 154 Å². The average Bonchev–Trinajstić information content (AvgIpc) is 3.17. The summed E-state index contributed by atoms with van der Waals surface area (Å²) < 4.78 is 7.51. The van der Waals surface area contributed by atoms with Crippen molar-refractivity contribution in [3.05, 3.63) is 42.1 Å². The maximum absolute atomic E-state index is 12.4. The second-order valence-electron chi connectivity index (χ2n) is 7.53. The van der Waals surface area contributed by atoms with Crippen LogP contribution in [0.4, 0.5) is 0 Å². The maximum atomic E-state index is 12.4. The minimum atomic E-state index is 0.148. The highest BCUT2D eigenvalue weighted by molar-refractivity contribution is 5.78. The van der Waals surface area contributed by atoms with E-state index in [-0.39, 0.29) is 11.8 Å². The number of amides is 1. The lowest BCUT2D eigenvalue weighted by molar-refractivity contribution is -0.126. The van der Waals surface area contributed by atoms with Gasteiger partial charge in [-0.3, -0.25) is 14.4 Å². The van der Waals surface area contributed by atoms with Crippen molar-refractivity contribution in [2.45, 2.75) is 51.1 Å². The number of nitrogens with zero attached hydrogens (tertiary/aromatic N) is 3. The van der Waals surface area contributed by atoms with Gasteiger partial charge in [0.05, 0.1) is 12.8 Å². The van der Waals surface area contributed by atoms with Crippen molar-refractivity contribution in [1.29, 1.82) is 0 Å². The maximum Gasteiger partial charge on any atom is 0.223 e. The molecule has 0 radical (unpaired) electrons. The topological polar surface area (TPSA) is 63.3 Å². The molecule has 2 aromatic heterocycles. The lowest BCUT2D eigenvalue weighted by Crippen LogP contribution is -2.40. The van der Waals surface area contributed by atoms with Crippen LogP contribution < -0.4 is 5.32 Å². The first-order valence-corrected chi connectivity index (χ1v) is 9.84. The number of piperidine rings is 1. The van der Waals surface area contributed by atoms with Gasteiger partial charge in [0, 0.05) is 36.8 Å². The van der Waals surface area contributed by atoms with Crippen molar-refractivity contribution in [2.24, 2.45) is 5.92 Å². The highest BCUT2D eigenvalue weighted by Gasteiger charge is 2.27. The lowest BCUT2D eigenvalue weighted by Gasteiger charge is -2.30. The summed E-state index contributed by atoms with van der Waals surface area (Å²) in [7, 11) is 0. The molecule has 26 heavy (non-hydrogen) atoms. The van der Waals surface area contributed by atoms with Crippen LogP contribution in [-0.2, 0) is 17.9 Å². The second-order valence-corrected chi connectivity index (χ2v) is 7.53. The van der Waals surface area contributed by atoms with Crippen molar-refractivity contribution in [3.8, 4) is 0 Å². The normalized spacial score (nSPS) is 18.9. The summed E-state index contributed by atoms with van der Waals surface area (Å²) in [5, 5.41) is 7.54. The first-order chi connectivity index (χ1) is 12.8. The van der Waals surface area contributed by atoms with E-state index in [1.54, 1.807) is 6.26 Å². The van der Waals surface area contributed by atoms with E-state index in [0.29, 0.717) is 0 Å². The van der Waals surface area contributed by atoms with Gasteiger partial charge in [-0.1, -0.05) is 0 Å². The van der Waals surface area contributed by atoms with Crippen molar-refractivity contribution < 1.29 is 9.21 Å². The molecule has 2 aliphatic rings. The summed E-state index contributed by atoms with van der Waals surface area (Å²) in [6.45, 7) is 4.37. The molecule has 1 aliphatic heterocycles. The molecule has 1 saturated heterocycles. The van der Waals surface area contributed by atoms with E-state index >= 15 is 0 Å². The first kappa shape index (κ1) is 17.3. The number of carbonyl (C=O) groups is 1. The number of furan rings is 1. The minimum Gasteiger partial charge on any atom is -0.468 e.